The molecule has 1 aromatic carbocycles. The van der Waals surface area contributed by atoms with Gasteiger partial charge in [0.05, 0.1) is 13.0 Å². The topological polar surface area (TPSA) is 81.9 Å². The molecule has 0 saturated carbocycles. The Morgan fingerprint density at radius 3 is 2.65 bits per heavy atom. The van der Waals surface area contributed by atoms with Gasteiger partial charge in [-0.3, -0.25) is 15.4 Å². The number of carbonyl (C=O) groups is 2. The molecule has 0 aromatic heterocycles. The Labute approximate surface area is 117 Å². The fourth-order valence-electron chi connectivity index (χ4n) is 2.25. The molecule has 0 bridgehead atoms. The summed E-state index contributed by atoms with van der Waals surface area (Å²) in [5, 5.41) is 1.33. The van der Waals surface area contributed by atoms with Crippen LogP contribution in [0, 0.1) is 5.92 Å². The third-order valence-corrected chi connectivity index (χ3v) is 3.37. The molecule has 1 aliphatic heterocycles. The van der Waals surface area contributed by atoms with E-state index in [2.05, 4.69) is 4.74 Å². The molecule has 6 heteroatoms. The second kappa shape index (κ2) is 6.49. The number of esters is 2. The monoisotopic (exact) mass is 278 g/mol. The van der Waals surface area contributed by atoms with Crippen molar-refractivity contribution in [2.24, 2.45) is 11.8 Å². The van der Waals surface area contributed by atoms with Crippen LogP contribution in [0.1, 0.15) is 12.0 Å². The molecule has 2 N–H and O–H groups in total. The summed E-state index contributed by atoms with van der Waals surface area (Å²) in [6, 6.07) is 8.86. The average Bonchev–Trinajstić information content (AvgIpc) is 2.87. The molecule has 1 saturated heterocycles. The molecule has 0 aliphatic carbocycles. The second-order valence-electron chi connectivity index (χ2n) is 4.76. The van der Waals surface area contributed by atoms with Gasteiger partial charge >= 0.3 is 11.9 Å². The van der Waals surface area contributed by atoms with E-state index >= 15 is 0 Å². The van der Waals surface area contributed by atoms with Crippen LogP contribution in [-0.4, -0.2) is 36.6 Å². The van der Waals surface area contributed by atoms with Crippen molar-refractivity contribution in [2.75, 3.05) is 13.7 Å². The van der Waals surface area contributed by atoms with Crippen LogP contribution in [0.15, 0.2) is 30.3 Å². The maximum atomic E-state index is 12.0. The number of hydrogen-bond acceptors (Lipinski definition) is 6. The lowest BCUT2D eigenvalue weighted by atomic mass is 10.1. The molecule has 0 spiro atoms. The Hall–Kier alpha value is -1.92. The fraction of sp³-hybridized carbons (Fsp3) is 0.429. The summed E-state index contributed by atoms with van der Waals surface area (Å²) < 4.78 is 9.90. The van der Waals surface area contributed by atoms with E-state index in [0.717, 1.165) is 5.56 Å². The molecular formula is C14H18N2O4. The van der Waals surface area contributed by atoms with Gasteiger partial charge in [-0.15, -0.1) is 0 Å². The minimum Gasteiger partial charge on any atom is -0.468 e. The number of carbonyl (C=O) groups excluding carboxylic acids is 2. The van der Waals surface area contributed by atoms with Gasteiger partial charge in [0.25, 0.3) is 0 Å². The standard InChI is InChI=1S/C14H18N2O4/c1-19-14(18)12-7-11(8-16(12)15)13(17)20-9-10-5-3-2-4-6-10/h2-6,11-12H,7-9,15H2,1H3. The first-order chi connectivity index (χ1) is 9.61. The zero-order chi connectivity index (χ0) is 14.5. The normalized spacial score (nSPS) is 22.5. The summed E-state index contributed by atoms with van der Waals surface area (Å²) in [6.45, 7) is 0.525. The van der Waals surface area contributed by atoms with Crippen LogP contribution >= 0.6 is 0 Å². The van der Waals surface area contributed by atoms with E-state index in [4.69, 9.17) is 10.6 Å². The number of nitrogens with two attached hydrogens (primary N) is 1. The Morgan fingerprint density at radius 2 is 2.00 bits per heavy atom. The van der Waals surface area contributed by atoms with Crippen LogP contribution in [0.4, 0.5) is 0 Å². The first kappa shape index (κ1) is 14.5. The summed E-state index contributed by atoms with van der Waals surface area (Å²) in [5.74, 6) is 4.56. The number of hydrogen-bond donors (Lipinski definition) is 1. The largest absolute Gasteiger partial charge is 0.468 e. The molecule has 6 nitrogen and oxygen atoms in total. The Balaban J connectivity index is 1.86. The van der Waals surface area contributed by atoms with Crippen molar-refractivity contribution in [2.45, 2.75) is 19.1 Å². The summed E-state index contributed by atoms with van der Waals surface area (Å²) in [4.78, 5) is 23.4. The van der Waals surface area contributed by atoms with Crippen molar-refractivity contribution in [3.05, 3.63) is 35.9 Å². The van der Waals surface area contributed by atoms with Crippen LogP contribution in [0.3, 0.4) is 0 Å². The first-order valence-corrected chi connectivity index (χ1v) is 6.41. The van der Waals surface area contributed by atoms with Crippen LogP contribution in [0.25, 0.3) is 0 Å². The highest BCUT2D eigenvalue weighted by molar-refractivity contribution is 5.79. The number of rotatable bonds is 4. The molecule has 0 amide bonds. The van der Waals surface area contributed by atoms with Gasteiger partial charge in [0, 0.05) is 6.54 Å². The third-order valence-electron chi connectivity index (χ3n) is 3.37. The lowest BCUT2D eigenvalue weighted by molar-refractivity contribution is -0.149. The van der Waals surface area contributed by atoms with E-state index in [9.17, 15) is 9.59 Å². The molecule has 1 aliphatic rings. The van der Waals surface area contributed by atoms with Gasteiger partial charge in [-0.25, -0.2) is 5.01 Å². The number of methoxy groups -OCH3 is 1. The molecule has 2 atom stereocenters. The summed E-state index contributed by atoms with van der Waals surface area (Å²) >= 11 is 0. The molecule has 1 fully saturated rings. The SMILES string of the molecule is COC(=O)C1CC(C(=O)OCc2ccccc2)CN1N. The lowest BCUT2D eigenvalue weighted by Crippen LogP contribution is -2.41. The predicted octanol–water partition coefficient (Wildman–Crippen LogP) is 0.467. The lowest BCUT2D eigenvalue weighted by Gasteiger charge is -2.15. The van der Waals surface area contributed by atoms with Crippen LogP contribution in [-0.2, 0) is 25.7 Å². The molecule has 1 aromatic rings. The molecule has 1 heterocycles. The van der Waals surface area contributed by atoms with Crippen LogP contribution in [0.5, 0.6) is 0 Å². The maximum absolute atomic E-state index is 12.0. The van der Waals surface area contributed by atoms with Gasteiger partial charge in [-0.2, -0.15) is 0 Å². The Kier molecular flexibility index (Phi) is 4.70. The number of hydrazine groups is 1. The molecule has 20 heavy (non-hydrogen) atoms. The van der Waals surface area contributed by atoms with E-state index < -0.39 is 17.9 Å². The van der Waals surface area contributed by atoms with Crippen LogP contribution in [0.2, 0.25) is 0 Å². The molecule has 0 radical (unpaired) electrons. The molecular weight excluding hydrogens is 260 g/mol. The second-order valence-corrected chi connectivity index (χ2v) is 4.76. The zero-order valence-corrected chi connectivity index (χ0v) is 11.3. The van der Waals surface area contributed by atoms with E-state index in [1.165, 1.54) is 12.1 Å². The molecule has 108 valence electrons. The van der Waals surface area contributed by atoms with Crippen molar-refractivity contribution < 1.29 is 19.1 Å². The highest BCUT2D eigenvalue weighted by atomic mass is 16.5. The van der Waals surface area contributed by atoms with E-state index in [1.807, 2.05) is 30.3 Å². The van der Waals surface area contributed by atoms with Crippen molar-refractivity contribution in [1.82, 2.24) is 5.01 Å². The van der Waals surface area contributed by atoms with Gasteiger partial charge in [0.15, 0.2) is 0 Å². The van der Waals surface area contributed by atoms with Crippen molar-refractivity contribution >= 4 is 11.9 Å². The zero-order valence-electron chi connectivity index (χ0n) is 11.3. The number of ether oxygens (including phenoxy) is 2. The molecule has 2 rings (SSSR count). The van der Waals surface area contributed by atoms with E-state index in [1.54, 1.807) is 0 Å². The van der Waals surface area contributed by atoms with Gasteiger partial charge in [0.1, 0.15) is 12.6 Å². The average molecular weight is 278 g/mol. The predicted molar refractivity (Wildman–Crippen MR) is 71.0 cm³/mol. The van der Waals surface area contributed by atoms with Crippen molar-refractivity contribution in [1.29, 1.82) is 0 Å². The summed E-state index contributed by atoms with van der Waals surface area (Å²) in [7, 11) is 1.30. The van der Waals surface area contributed by atoms with Crippen LogP contribution < -0.4 is 5.84 Å². The first-order valence-electron chi connectivity index (χ1n) is 6.41. The summed E-state index contributed by atoms with van der Waals surface area (Å²) in [6.07, 6.45) is 0.330. The van der Waals surface area contributed by atoms with E-state index in [0.29, 0.717) is 13.0 Å². The minimum absolute atomic E-state index is 0.226. The minimum atomic E-state index is -0.575. The van der Waals surface area contributed by atoms with Gasteiger partial charge in [-0.1, -0.05) is 30.3 Å². The Morgan fingerprint density at radius 1 is 1.30 bits per heavy atom. The fourth-order valence-corrected chi connectivity index (χ4v) is 2.25. The van der Waals surface area contributed by atoms with Gasteiger partial charge in [-0.05, 0) is 12.0 Å². The highest BCUT2D eigenvalue weighted by Gasteiger charge is 2.40. The number of nitrogens with zero attached hydrogens (tertiary/aromatic N) is 1. The van der Waals surface area contributed by atoms with Crippen molar-refractivity contribution in [3.8, 4) is 0 Å². The van der Waals surface area contributed by atoms with Crippen molar-refractivity contribution in [3.63, 3.8) is 0 Å². The number of benzene rings is 1. The quantitative estimate of drug-likeness (QED) is 0.637. The van der Waals surface area contributed by atoms with Gasteiger partial charge in [0.2, 0.25) is 0 Å². The van der Waals surface area contributed by atoms with Gasteiger partial charge < -0.3 is 9.47 Å². The highest BCUT2D eigenvalue weighted by Crippen LogP contribution is 2.22. The summed E-state index contributed by atoms with van der Waals surface area (Å²) in [5.41, 5.74) is 0.924. The maximum Gasteiger partial charge on any atom is 0.324 e. The Bertz CT molecular complexity index is 477. The van der Waals surface area contributed by atoms with E-state index in [-0.39, 0.29) is 12.6 Å². The molecule has 2 unspecified atom stereocenters. The smallest absolute Gasteiger partial charge is 0.324 e. The third kappa shape index (κ3) is 3.34.